The van der Waals surface area contributed by atoms with Crippen molar-refractivity contribution in [1.29, 1.82) is 0 Å². The van der Waals surface area contributed by atoms with Gasteiger partial charge in [-0.15, -0.1) is 0 Å². The van der Waals surface area contributed by atoms with E-state index in [1.54, 1.807) is 0 Å². The average molecular weight is 140 g/mol. The molecule has 0 aromatic rings. The highest BCUT2D eigenvalue weighted by molar-refractivity contribution is 5.16. The highest BCUT2D eigenvalue weighted by Gasteiger charge is 2.46. The van der Waals surface area contributed by atoms with Gasteiger partial charge in [0.2, 0.25) is 0 Å². The van der Waals surface area contributed by atoms with E-state index in [1.165, 1.54) is 0 Å². The molecule has 2 nitrogen and oxygen atoms in total. The van der Waals surface area contributed by atoms with Crippen molar-refractivity contribution in [2.75, 3.05) is 6.61 Å². The van der Waals surface area contributed by atoms with Crippen molar-refractivity contribution in [2.24, 2.45) is 11.8 Å². The maximum absolute atomic E-state index is 9.69. The second-order valence-corrected chi connectivity index (χ2v) is 3.45. The SMILES string of the molecule is OC[C@]1(O)C[C@H]2C=C[C@@H]1C2. The van der Waals surface area contributed by atoms with Crippen LogP contribution in [0.15, 0.2) is 12.2 Å². The first kappa shape index (κ1) is 6.38. The minimum atomic E-state index is -0.778. The van der Waals surface area contributed by atoms with Gasteiger partial charge >= 0.3 is 0 Å². The summed E-state index contributed by atoms with van der Waals surface area (Å²) >= 11 is 0. The number of aliphatic hydroxyl groups excluding tert-OH is 1. The molecule has 2 aliphatic rings. The molecule has 0 unspecified atom stereocenters. The molecular formula is C8H12O2. The Labute approximate surface area is 60.2 Å². The normalized spacial score (nSPS) is 50.6. The van der Waals surface area contributed by atoms with Gasteiger partial charge in [0.15, 0.2) is 0 Å². The van der Waals surface area contributed by atoms with Gasteiger partial charge in [-0.1, -0.05) is 12.2 Å². The Morgan fingerprint density at radius 1 is 1.50 bits per heavy atom. The van der Waals surface area contributed by atoms with Crippen LogP contribution in [0.25, 0.3) is 0 Å². The molecular weight excluding hydrogens is 128 g/mol. The molecule has 0 saturated heterocycles. The van der Waals surface area contributed by atoms with E-state index in [2.05, 4.69) is 6.08 Å². The van der Waals surface area contributed by atoms with Crippen molar-refractivity contribution in [1.82, 2.24) is 0 Å². The van der Waals surface area contributed by atoms with Gasteiger partial charge in [0, 0.05) is 5.92 Å². The lowest BCUT2D eigenvalue weighted by atomic mass is 9.89. The van der Waals surface area contributed by atoms with Gasteiger partial charge in [-0.3, -0.25) is 0 Å². The average Bonchev–Trinajstić information content (AvgIpc) is 2.46. The van der Waals surface area contributed by atoms with Gasteiger partial charge in [0.05, 0.1) is 12.2 Å². The fourth-order valence-corrected chi connectivity index (χ4v) is 2.11. The van der Waals surface area contributed by atoms with Crippen molar-refractivity contribution in [3.63, 3.8) is 0 Å². The molecule has 0 spiro atoms. The van der Waals surface area contributed by atoms with Crippen LogP contribution in [-0.4, -0.2) is 22.4 Å². The van der Waals surface area contributed by atoms with Crippen LogP contribution in [0, 0.1) is 11.8 Å². The first-order valence-corrected chi connectivity index (χ1v) is 3.76. The Bertz CT molecular complexity index is 176. The summed E-state index contributed by atoms with van der Waals surface area (Å²) < 4.78 is 0. The van der Waals surface area contributed by atoms with Crippen molar-refractivity contribution in [3.8, 4) is 0 Å². The molecule has 56 valence electrons. The summed E-state index contributed by atoms with van der Waals surface area (Å²) in [6.07, 6.45) is 5.97. The molecule has 0 radical (unpaired) electrons. The quantitative estimate of drug-likeness (QED) is 0.514. The highest BCUT2D eigenvalue weighted by Crippen LogP contribution is 2.45. The summed E-state index contributed by atoms with van der Waals surface area (Å²) in [7, 11) is 0. The summed E-state index contributed by atoms with van der Waals surface area (Å²) in [5.74, 6) is 0.754. The summed E-state index contributed by atoms with van der Waals surface area (Å²) in [4.78, 5) is 0. The second-order valence-electron chi connectivity index (χ2n) is 3.45. The van der Waals surface area contributed by atoms with E-state index < -0.39 is 5.60 Å². The molecule has 2 rings (SSSR count). The third-order valence-corrected chi connectivity index (χ3v) is 2.75. The highest BCUT2D eigenvalue weighted by atomic mass is 16.3. The van der Waals surface area contributed by atoms with Crippen LogP contribution in [-0.2, 0) is 0 Å². The van der Waals surface area contributed by atoms with Gasteiger partial charge in [-0.25, -0.2) is 0 Å². The predicted molar refractivity (Wildman–Crippen MR) is 37.4 cm³/mol. The maximum Gasteiger partial charge on any atom is 0.0945 e. The van der Waals surface area contributed by atoms with Crippen LogP contribution in [0.4, 0.5) is 0 Å². The van der Waals surface area contributed by atoms with Crippen molar-refractivity contribution in [2.45, 2.75) is 18.4 Å². The largest absolute Gasteiger partial charge is 0.393 e. The summed E-state index contributed by atoms with van der Waals surface area (Å²) in [5.41, 5.74) is -0.778. The molecule has 2 aliphatic carbocycles. The smallest absolute Gasteiger partial charge is 0.0945 e. The van der Waals surface area contributed by atoms with Crippen molar-refractivity contribution < 1.29 is 10.2 Å². The van der Waals surface area contributed by atoms with Crippen molar-refractivity contribution in [3.05, 3.63) is 12.2 Å². The van der Waals surface area contributed by atoms with Crippen LogP contribution < -0.4 is 0 Å². The monoisotopic (exact) mass is 140 g/mol. The summed E-state index contributed by atoms with van der Waals surface area (Å²) in [6, 6.07) is 0. The molecule has 1 fully saturated rings. The molecule has 0 aromatic carbocycles. The van der Waals surface area contributed by atoms with Crippen LogP contribution >= 0.6 is 0 Å². The van der Waals surface area contributed by atoms with Crippen LogP contribution in [0.2, 0.25) is 0 Å². The Balaban J connectivity index is 2.22. The zero-order valence-corrected chi connectivity index (χ0v) is 5.83. The number of hydrogen-bond acceptors (Lipinski definition) is 2. The Kier molecular flexibility index (Phi) is 1.17. The van der Waals surface area contributed by atoms with E-state index in [4.69, 9.17) is 5.11 Å². The molecule has 0 aromatic heterocycles. The maximum atomic E-state index is 9.69. The number of fused-ring (bicyclic) bond motifs is 2. The lowest BCUT2D eigenvalue weighted by Gasteiger charge is -2.26. The predicted octanol–water partition coefficient (Wildman–Crippen LogP) is 0.306. The van der Waals surface area contributed by atoms with Crippen LogP contribution in [0.5, 0.6) is 0 Å². The van der Waals surface area contributed by atoms with Crippen LogP contribution in [0.3, 0.4) is 0 Å². The minimum absolute atomic E-state index is 0.0848. The molecule has 2 bridgehead atoms. The zero-order valence-electron chi connectivity index (χ0n) is 5.83. The fraction of sp³-hybridized carbons (Fsp3) is 0.750. The minimum Gasteiger partial charge on any atom is -0.393 e. The van der Waals surface area contributed by atoms with E-state index in [-0.39, 0.29) is 12.5 Å². The molecule has 2 heteroatoms. The molecule has 0 amide bonds. The molecule has 0 aliphatic heterocycles. The lowest BCUT2D eigenvalue weighted by molar-refractivity contribution is -0.0346. The summed E-state index contributed by atoms with van der Waals surface area (Å²) in [5, 5.41) is 18.6. The fourth-order valence-electron chi connectivity index (χ4n) is 2.11. The summed E-state index contributed by atoms with van der Waals surface area (Å²) in [6.45, 7) is -0.0848. The lowest BCUT2D eigenvalue weighted by Crippen LogP contribution is -2.37. The Morgan fingerprint density at radius 2 is 2.30 bits per heavy atom. The van der Waals surface area contributed by atoms with Crippen molar-refractivity contribution >= 4 is 0 Å². The third kappa shape index (κ3) is 0.662. The zero-order chi connectivity index (χ0) is 7.19. The van der Waals surface area contributed by atoms with E-state index in [0.717, 1.165) is 12.8 Å². The van der Waals surface area contributed by atoms with E-state index in [1.807, 2.05) is 6.08 Å². The Morgan fingerprint density at radius 3 is 2.60 bits per heavy atom. The van der Waals surface area contributed by atoms with Gasteiger partial charge in [-0.2, -0.15) is 0 Å². The first-order chi connectivity index (χ1) is 4.74. The third-order valence-electron chi connectivity index (χ3n) is 2.75. The topological polar surface area (TPSA) is 40.5 Å². The molecule has 2 N–H and O–H groups in total. The van der Waals surface area contributed by atoms with E-state index in [9.17, 15) is 5.11 Å². The second kappa shape index (κ2) is 1.83. The number of hydrogen-bond donors (Lipinski definition) is 2. The van der Waals surface area contributed by atoms with Gasteiger partial charge < -0.3 is 10.2 Å². The number of allylic oxidation sites excluding steroid dienone is 1. The van der Waals surface area contributed by atoms with Gasteiger partial charge in [0.25, 0.3) is 0 Å². The Hall–Kier alpha value is -0.340. The van der Waals surface area contributed by atoms with Gasteiger partial charge in [0.1, 0.15) is 0 Å². The molecule has 3 atom stereocenters. The number of aliphatic hydroxyl groups is 2. The van der Waals surface area contributed by atoms with E-state index in [0.29, 0.717) is 5.92 Å². The van der Waals surface area contributed by atoms with E-state index >= 15 is 0 Å². The standard InChI is InChI=1S/C8H12O2/c9-5-8(10)4-6-1-2-7(8)3-6/h1-2,6-7,9-10H,3-5H2/t6-,7+,8+/m0/s1. The first-order valence-electron chi connectivity index (χ1n) is 3.76. The van der Waals surface area contributed by atoms with Crippen LogP contribution in [0.1, 0.15) is 12.8 Å². The molecule has 10 heavy (non-hydrogen) atoms. The molecule has 0 heterocycles. The van der Waals surface area contributed by atoms with Gasteiger partial charge in [-0.05, 0) is 18.8 Å². The number of rotatable bonds is 1. The molecule has 1 saturated carbocycles.